The number of amides is 1. The minimum atomic E-state index is -3.94. The van der Waals surface area contributed by atoms with Gasteiger partial charge in [-0.05, 0) is 60.6 Å². The summed E-state index contributed by atoms with van der Waals surface area (Å²) < 4.78 is 39.8. The molecule has 0 spiro atoms. The number of ether oxygens (including phenoxy) is 2. The normalized spacial score (nSPS) is 16.5. The van der Waals surface area contributed by atoms with Gasteiger partial charge in [-0.2, -0.15) is 4.72 Å². The van der Waals surface area contributed by atoms with E-state index in [9.17, 15) is 13.2 Å². The number of hydrogen-bond acceptors (Lipinski definition) is 5. The number of benzene rings is 2. The molecule has 1 unspecified atom stereocenters. The molecule has 0 radical (unpaired) electrons. The number of sulfonamides is 1. The van der Waals surface area contributed by atoms with Crippen LogP contribution in [0.1, 0.15) is 37.8 Å². The van der Waals surface area contributed by atoms with Gasteiger partial charge in [-0.1, -0.05) is 19.9 Å². The van der Waals surface area contributed by atoms with Gasteiger partial charge in [0.25, 0.3) is 0 Å². The van der Waals surface area contributed by atoms with Crippen molar-refractivity contribution in [1.82, 2.24) is 4.72 Å². The zero-order valence-electron chi connectivity index (χ0n) is 17.8. The number of fused-ring (bicyclic) bond motifs is 2. The largest absolute Gasteiger partial charge is 0.490 e. The van der Waals surface area contributed by atoms with E-state index in [0.717, 1.165) is 25.7 Å². The monoisotopic (exact) mass is 444 g/mol. The first-order valence-electron chi connectivity index (χ1n) is 10.7. The van der Waals surface area contributed by atoms with Crippen LogP contribution in [0.4, 0.5) is 5.69 Å². The van der Waals surface area contributed by atoms with E-state index in [1.165, 1.54) is 23.3 Å². The smallest absolute Gasteiger partial charge is 0.242 e. The molecule has 31 heavy (non-hydrogen) atoms. The fourth-order valence-corrected chi connectivity index (χ4v) is 5.27. The van der Waals surface area contributed by atoms with Gasteiger partial charge in [-0.15, -0.1) is 0 Å². The Bertz CT molecular complexity index is 1080. The van der Waals surface area contributed by atoms with Gasteiger partial charge in [-0.3, -0.25) is 4.79 Å². The first-order chi connectivity index (χ1) is 14.8. The highest BCUT2D eigenvalue weighted by atomic mass is 32.2. The molecule has 166 valence electrons. The molecule has 2 N–H and O–H groups in total. The fraction of sp³-hybridized carbons (Fsp3) is 0.435. The molecule has 0 aromatic heterocycles. The maximum atomic E-state index is 13.0. The maximum absolute atomic E-state index is 13.0. The number of anilines is 1. The second-order valence-corrected chi connectivity index (χ2v) is 10.0. The topological polar surface area (TPSA) is 93.7 Å². The standard InChI is InChI=1S/C23H28N2O5S/c1-15(2)22(23(26)24-18-8-7-16-5-3-6-17(16)13-18)25-31(27,28)19-9-10-20-21(14-19)30-12-4-11-29-20/h7-10,13-15,22,25H,3-6,11-12H2,1-2H3,(H,24,26). The van der Waals surface area contributed by atoms with Crippen molar-refractivity contribution in [3.63, 3.8) is 0 Å². The van der Waals surface area contributed by atoms with Crippen LogP contribution in [0.5, 0.6) is 11.5 Å². The second-order valence-electron chi connectivity index (χ2n) is 8.33. The number of aryl methyl sites for hydroxylation is 2. The number of carbonyl (C=O) groups is 1. The van der Waals surface area contributed by atoms with Crippen molar-refractivity contribution >= 4 is 21.6 Å². The first kappa shape index (κ1) is 21.6. The van der Waals surface area contributed by atoms with E-state index in [2.05, 4.69) is 10.0 Å². The average Bonchev–Trinajstić information content (AvgIpc) is 3.07. The van der Waals surface area contributed by atoms with Crippen LogP contribution in [-0.4, -0.2) is 33.6 Å². The predicted octanol–water partition coefficient (Wildman–Crippen LogP) is 3.28. The lowest BCUT2D eigenvalue weighted by atomic mass is 10.0. The zero-order chi connectivity index (χ0) is 22.0. The third-order valence-corrected chi connectivity index (χ3v) is 7.07. The van der Waals surface area contributed by atoms with Crippen LogP contribution in [0.3, 0.4) is 0 Å². The molecule has 2 aliphatic rings. The van der Waals surface area contributed by atoms with Gasteiger partial charge >= 0.3 is 0 Å². The highest BCUT2D eigenvalue weighted by Gasteiger charge is 2.29. The van der Waals surface area contributed by atoms with E-state index >= 15 is 0 Å². The number of nitrogens with one attached hydrogen (secondary N) is 2. The average molecular weight is 445 g/mol. The number of rotatable bonds is 6. The van der Waals surface area contributed by atoms with Crippen molar-refractivity contribution in [1.29, 1.82) is 0 Å². The lowest BCUT2D eigenvalue weighted by molar-refractivity contribution is -0.118. The molecule has 2 aromatic carbocycles. The van der Waals surface area contributed by atoms with Gasteiger partial charge in [0.15, 0.2) is 11.5 Å². The zero-order valence-corrected chi connectivity index (χ0v) is 18.6. The molecular weight excluding hydrogens is 416 g/mol. The van der Waals surface area contributed by atoms with Crippen molar-refractivity contribution in [3.05, 3.63) is 47.5 Å². The Labute approximate surface area is 183 Å². The van der Waals surface area contributed by atoms with Crippen LogP contribution in [-0.2, 0) is 27.7 Å². The summed E-state index contributed by atoms with van der Waals surface area (Å²) in [5, 5.41) is 2.87. The predicted molar refractivity (Wildman–Crippen MR) is 118 cm³/mol. The van der Waals surface area contributed by atoms with Gasteiger partial charge in [0.1, 0.15) is 6.04 Å². The summed E-state index contributed by atoms with van der Waals surface area (Å²) >= 11 is 0. The van der Waals surface area contributed by atoms with Crippen LogP contribution in [0.15, 0.2) is 41.3 Å². The molecule has 2 aromatic rings. The molecule has 1 aliphatic carbocycles. The van der Waals surface area contributed by atoms with E-state index in [1.54, 1.807) is 6.07 Å². The highest BCUT2D eigenvalue weighted by Crippen LogP contribution is 2.32. The van der Waals surface area contributed by atoms with Crippen LogP contribution < -0.4 is 19.5 Å². The molecular formula is C23H28N2O5S. The van der Waals surface area contributed by atoms with Crippen LogP contribution in [0, 0.1) is 5.92 Å². The van der Waals surface area contributed by atoms with E-state index in [-0.39, 0.29) is 16.7 Å². The van der Waals surface area contributed by atoms with Gasteiger partial charge < -0.3 is 14.8 Å². The van der Waals surface area contributed by atoms with Gasteiger partial charge in [0, 0.05) is 18.2 Å². The summed E-state index contributed by atoms with van der Waals surface area (Å²) in [5.74, 6) is 0.283. The Balaban J connectivity index is 1.52. The third-order valence-electron chi connectivity index (χ3n) is 5.63. The molecule has 0 fully saturated rings. The Morgan fingerprint density at radius 2 is 1.68 bits per heavy atom. The van der Waals surface area contributed by atoms with Crippen molar-refractivity contribution < 1.29 is 22.7 Å². The van der Waals surface area contributed by atoms with Crippen molar-refractivity contribution in [2.24, 2.45) is 5.92 Å². The summed E-state index contributed by atoms with van der Waals surface area (Å²) in [5.41, 5.74) is 3.24. The van der Waals surface area contributed by atoms with Crippen LogP contribution in [0.25, 0.3) is 0 Å². The van der Waals surface area contributed by atoms with Crippen molar-refractivity contribution in [3.8, 4) is 11.5 Å². The Morgan fingerprint density at radius 1 is 0.935 bits per heavy atom. The summed E-state index contributed by atoms with van der Waals surface area (Å²) in [7, 11) is -3.94. The summed E-state index contributed by atoms with van der Waals surface area (Å²) in [6.07, 6.45) is 3.92. The lowest BCUT2D eigenvalue weighted by Gasteiger charge is -2.22. The molecule has 1 amide bonds. The summed E-state index contributed by atoms with van der Waals surface area (Å²) in [6, 6.07) is 9.46. The second kappa shape index (κ2) is 8.88. The molecule has 0 saturated heterocycles. The Morgan fingerprint density at radius 3 is 2.45 bits per heavy atom. The molecule has 8 heteroatoms. The summed E-state index contributed by atoms with van der Waals surface area (Å²) in [4.78, 5) is 13.0. The minimum Gasteiger partial charge on any atom is -0.490 e. The molecule has 1 heterocycles. The Hall–Kier alpha value is -2.58. The first-order valence-corrected chi connectivity index (χ1v) is 12.2. The van der Waals surface area contributed by atoms with Gasteiger partial charge in [-0.25, -0.2) is 8.42 Å². The molecule has 0 bridgehead atoms. The maximum Gasteiger partial charge on any atom is 0.242 e. The van der Waals surface area contributed by atoms with Crippen LogP contribution >= 0.6 is 0 Å². The minimum absolute atomic E-state index is 0.0349. The lowest BCUT2D eigenvalue weighted by Crippen LogP contribution is -2.47. The SMILES string of the molecule is CC(C)C(NS(=O)(=O)c1ccc2c(c1)OCCCO2)C(=O)Nc1ccc2c(c1)CCC2. The van der Waals surface area contributed by atoms with Crippen LogP contribution in [0.2, 0.25) is 0 Å². The van der Waals surface area contributed by atoms with Gasteiger partial charge in [0.05, 0.1) is 18.1 Å². The molecule has 7 nitrogen and oxygen atoms in total. The quantitative estimate of drug-likeness (QED) is 0.713. The molecule has 1 atom stereocenters. The van der Waals surface area contributed by atoms with Crippen molar-refractivity contribution in [2.45, 2.75) is 50.5 Å². The number of carbonyl (C=O) groups excluding carboxylic acids is 1. The summed E-state index contributed by atoms with van der Waals surface area (Å²) in [6.45, 7) is 4.60. The van der Waals surface area contributed by atoms with E-state index in [0.29, 0.717) is 30.4 Å². The highest BCUT2D eigenvalue weighted by molar-refractivity contribution is 7.89. The van der Waals surface area contributed by atoms with E-state index in [4.69, 9.17) is 9.47 Å². The fourth-order valence-electron chi connectivity index (χ4n) is 3.91. The molecule has 4 rings (SSSR count). The molecule has 0 saturated carbocycles. The van der Waals surface area contributed by atoms with E-state index < -0.39 is 16.1 Å². The number of hydrogen-bond donors (Lipinski definition) is 2. The third kappa shape index (κ3) is 4.85. The molecule has 1 aliphatic heterocycles. The Kier molecular flexibility index (Phi) is 6.20. The van der Waals surface area contributed by atoms with Gasteiger partial charge in [0.2, 0.25) is 15.9 Å². The van der Waals surface area contributed by atoms with Crippen molar-refractivity contribution in [2.75, 3.05) is 18.5 Å². The van der Waals surface area contributed by atoms with E-state index in [1.807, 2.05) is 32.0 Å².